The fourth-order valence-electron chi connectivity index (χ4n) is 2.91. The summed E-state index contributed by atoms with van der Waals surface area (Å²) in [6, 6.07) is 0.424. The van der Waals surface area contributed by atoms with Crippen LogP contribution in [0.4, 0.5) is 0 Å². The van der Waals surface area contributed by atoms with Crippen molar-refractivity contribution in [2.45, 2.75) is 39.2 Å². The number of nitrogens with zero attached hydrogens (tertiary/aromatic N) is 1. The highest BCUT2D eigenvalue weighted by atomic mass is 16.2. The van der Waals surface area contributed by atoms with Crippen molar-refractivity contribution in [1.29, 1.82) is 0 Å². The number of rotatable bonds is 5. The van der Waals surface area contributed by atoms with Crippen LogP contribution < -0.4 is 10.6 Å². The molecule has 19 heavy (non-hydrogen) atoms. The van der Waals surface area contributed by atoms with Gasteiger partial charge in [-0.15, -0.1) is 0 Å². The first-order valence-corrected chi connectivity index (χ1v) is 7.35. The van der Waals surface area contributed by atoms with E-state index in [2.05, 4.69) is 24.5 Å². The number of amides is 2. The first-order chi connectivity index (χ1) is 9.06. The molecule has 5 heteroatoms. The lowest BCUT2D eigenvalue weighted by atomic mass is 10.0. The fraction of sp³-hybridized carbons (Fsp3) is 0.857. The molecule has 0 aliphatic carbocycles. The molecule has 0 aromatic rings. The van der Waals surface area contributed by atoms with Gasteiger partial charge in [0.25, 0.3) is 0 Å². The van der Waals surface area contributed by atoms with Gasteiger partial charge >= 0.3 is 0 Å². The van der Waals surface area contributed by atoms with Crippen LogP contribution in [0.2, 0.25) is 0 Å². The summed E-state index contributed by atoms with van der Waals surface area (Å²) in [6.07, 6.45) is 2.69. The second-order valence-electron chi connectivity index (χ2n) is 6.14. The lowest BCUT2D eigenvalue weighted by Gasteiger charge is -2.29. The lowest BCUT2D eigenvalue weighted by Crippen LogP contribution is -2.45. The van der Waals surface area contributed by atoms with Crippen LogP contribution in [0.5, 0.6) is 0 Å². The van der Waals surface area contributed by atoms with E-state index >= 15 is 0 Å². The molecular formula is C14H25N3O2. The Labute approximate surface area is 115 Å². The van der Waals surface area contributed by atoms with E-state index in [4.69, 9.17) is 0 Å². The molecule has 2 heterocycles. The Kier molecular flexibility index (Phi) is 4.80. The highest BCUT2D eigenvalue weighted by molar-refractivity contribution is 5.89. The van der Waals surface area contributed by atoms with E-state index in [1.807, 2.05) is 4.90 Å². The van der Waals surface area contributed by atoms with Gasteiger partial charge in [-0.25, -0.2) is 0 Å². The Hall–Kier alpha value is -1.10. The molecule has 2 amide bonds. The van der Waals surface area contributed by atoms with Crippen LogP contribution in [0.25, 0.3) is 0 Å². The number of hydrogen-bond acceptors (Lipinski definition) is 3. The Balaban J connectivity index is 1.94. The van der Waals surface area contributed by atoms with Crippen LogP contribution in [-0.2, 0) is 9.59 Å². The monoisotopic (exact) mass is 267 g/mol. The first-order valence-electron chi connectivity index (χ1n) is 7.35. The third-order valence-corrected chi connectivity index (χ3v) is 3.83. The van der Waals surface area contributed by atoms with Crippen molar-refractivity contribution in [1.82, 2.24) is 15.5 Å². The number of hydrogen-bond donors (Lipinski definition) is 2. The van der Waals surface area contributed by atoms with Crippen molar-refractivity contribution in [3.63, 3.8) is 0 Å². The fourth-order valence-corrected chi connectivity index (χ4v) is 2.91. The molecule has 2 N–H and O–H groups in total. The van der Waals surface area contributed by atoms with Crippen molar-refractivity contribution >= 4 is 11.8 Å². The summed E-state index contributed by atoms with van der Waals surface area (Å²) >= 11 is 0. The van der Waals surface area contributed by atoms with Crippen LogP contribution in [0, 0.1) is 11.8 Å². The van der Waals surface area contributed by atoms with Gasteiger partial charge in [0.2, 0.25) is 11.8 Å². The number of carbonyl (C=O) groups excluding carboxylic acids is 2. The molecule has 5 nitrogen and oxygen atoms in total. The van der Waals surface area contributed by atoms with Gasteiger partial charge in [0.15, 0.2) is 0 Å². The molecule has 0 spiro atoms. The molecule has 0 bridgehead atoms. The average molecular weight is 267 g/mol. The Morgan fingerprint density at radius 2 is 2.26 bits per heavy atom. The highest BCUT2D eigenvalue weighted by Gasteiger charge is 2.32. The molecule has 2 fully saturated rings. The second kappa shape index (κ2) is 6.37. The van der Waals surface area contributed by atoms with Gasteiger partial charge < -0.3 is 15.5 Å². The van der Waals surface area contributed by atoms with Crippen molar-refractivity contribution in [3.8, 4) is 0 Å². The van der Waals surface area contributed by atoms with E-state index < -0.39 is 0 Å². The number of carbonyl (C=O) groups is 2. The molecule has 0 radical (unpaired) electrons. The first kappa shape index (κ1) is 14.3. The van der Waals surface area contributed by atoms with Gasteiger partial charge in [0, 0.05) is 32.1 Å². The summed E-state index contributed by atoms with van der Waals surface area (Å²) in [5.41, 5.74) is 0. The predicted octanol–water partition coefficient (Wildman–Crippen LogP) is 0.359. The third-order valence-electron chi connectivity index (χ3n) is 3.83. The predicted molar refractivity (Wildman–Crippen MR) is 73.6 cm³/mol. The molecule has 2 atom stereocenters. The molecule has 2 aliphatic rings. The Bertz CT molecular complexity index is 338. The minimum atomic E-state index is -0.160. The normalized spacial score (nSPS) is 26.8. The SMILES string of the molecule is CC(C)CN(CC1CCCN1)C(=O)C1CNC(=O)C1. The van der Waals surface area contributed by atoms with Gasteiger partial charge in [-0.1, -0.05) is 13.8 Å². The average Bonchev–Trinajstić information content (AvgIpc) is 2.98. The molecule has 2 saturated heterocycles. The number of nitrogens with one attached hydrogen (secondary N) is 2. The van der Waals surface area contributed by atoms with Gasteiger partial charge in [0.05, 0.1) is 5.92 Å². The standard InChI is InChI=1S/C14H25N3O2/c1-10(2)8-17(9-12-4-3-5-15-12)14(19)11-6-13(18)16-7-11/h10-12,15H,3-9H2,1-2H3,(H,16,18). The van der Waals surface area contributed by atoms with Crippen LogP contribution in [0.3, 0.4) is 0 Å². The van der Waals surface area contributed by atoms with E-state index in [1.165, 1.54) is 6.42 Å². The Morgan fingerprint density at radius 1 is 1.47 bits per heavy atom. The molecule has 0 aromatic heterocycles. The summed E-state index contributed by atoms with van der Waals surface area (Å²) in [6.45, 7) is 7.37. The summed E-state index contributed by atoms with van der Waals surface area (Å²) in [4.78, 5) is 25.7. The second-order valence-corrected chi connectivity index (χ2v) is 6.14. The van der Waals surface area contributed by atoms with Crippen LogP contribution in [-0.4, -0.2) is 48.9 Å². The van der Waals surface area contributed by atoms with Gasteiger partial charge in [-0.3, -0.25) is 9.59 Å². The van der Waals surface area contributed by atoms with Crippen molar-refractivity contribution < 1.29 is 9.59 Å². The summed E-state index contributed by atoms with van der Waals surface area (Å²) in [7, 11) is 0. The summed E-state index contributed by atoms with van der Waals surface area (Å²) in [5.74, 6) is 0.436. The van der Waals surface area contributed by atoms with Crippen molar-refractivity contribution in [3.05, 3.63) is 0 Å². The molecule has 2 unspecified atom stereocenters. The van der Waals surface area contributed by atoms with Gasteiger partial charge in [-0.2, -0.15) is 0 Å². The van der Waals surface area contributed by atoms with Crippen LogP contribution in [0.15, 0.2) is 0 Å². The maximum Gasteiger partial charge on any atom is 0.228 e. The molecule has 0 aromatic carbocycles. The highest BCUT2D eigenvalue weighted by Crippen LogP contribution is 2.16. The Morgan fingerprint density at radius 3 is 2.79 bits per heavy atom. The van der Waals surface area contributed by atoms with Gasteiger partial charge in [0.1, 0.15) is 0 Å². The third kappa shape index (κ3) is 3.93. The molecule has 2 rings (SSSR count). The largest absolute Gasteiger partial charge is 0.355 e. The maximum atomic E-state index is 12.5. The van der Waals surface area contributed by atoms with E-state index in [-0.39, 0.29) is 17.7 Å². The maximum absolute atomic E-state index is 12.5. The smallest absolute Gasteiger partial charge is 0.228 e. The molecule has 2 aliphatic heterocycles. The van der Waals surface area contributed by atoms with E-state index in [1.54, 1.807) is 0 Å². The quantitative estimate of drug-likeness (QED) is 0.756. The van der Waals surface area contributed by atoms with Crippen LogP contribution in [0.1, 0.15) is 33.1 Å². The minimum Gasteiger partial charge on any atom is -0.355 e. The minimum absolute atomic E-state index is 0.00170. The topological polar surface area (TPSA) is 61.4 Å². The van der Waals surface area contributed by atoms with Gasteiger partial charge in [-0.05, 0) is 25.3 Å². The van der Waals surface area contributed by atoms with Crippen molar-refractivity contribution in [2.24, 2.45) is 11.8 Å². The summed E-state index contributed by atoms with van der Waals surface area (Å²) < 4.78 is 0. The zero-order valence-corrected chi connectivity index (χ0v) is 11.9. The molecular weight excluding hydrogens is 242 g/mol. The van der Waals surface area contributed by atoms with E-state index in [0.717, 1.165) is 26.1 Å². The van der Waals surface area contributed by atoms with E-state index in [0.29, 0.717) is 24.9 Å². The van der Waals surface area contributed by atoms with Crippen LogP contribution >= 0.6 is 0 Å². The lowest BCUT2D eigenvalue weighted by molar-refractivity contribution is -0.136. The van der Waals surface area contributed by atoms with Crippen molar-refractivity contribution in [2.75, 3.05) is 26.2 Å². The van der Waals surface area contributed by atoms with E-state index in [9.17, 15) is 9.59 Å². The zero-order valence-electron chi connectivity index (χ0n) is 11.9. The summed E-state index contributed by atoms with van der Waals surface area (Å²) in [5, 5.41) is 6.19. The molecule has 108 valence electrons. The molecule has 0 saturated carbocycles. The zero-order chi connectivity index (χ0) is 13.8.